The largest absolute Gasteiger partial charge is 0.444 e. The van der Waals surface area contributed by atoms with Gasteiger partial charge in [0.2, 0.25) is 0 Å². The highest BCUT2D eigenvalue weighted by molar-refractivity contribution is 5.68. The van der Waals surface area contributed by atoms with Crippen LogP contribution in [0, 0.1) is 0 Å². The second-order valence-corrected chi connectivity index (χ2v) is 5.09. The van der Waals surface area contributed by atoms with Crippen molar-refractivity contribution in [3.8, 4) is 0 Å². The van der Waals surface area contributed by atoms with Gasteiger partial charge >= 0.3 is 6.09 Å². The Morgan fingerprint density at radius 3 is 2.61 bits per heavy atom. The molecule has 7 heteroatoms. The second kappa shape index (κ2) is 5.17. The fourth-order valence-electron chi connectivity index (χ4n) is 1.46. The van der Waals surface area contributed by atoms with Crippen LogP contribution in [-0.2, 0) is 14.3 Å². The summed E-state index contributed by atoms with van der Waals surface area (Å²) in [4.78, 5) is 23.0. The van der Waals surface area contributed by atoms with Crippen molar-refractivity contribution in [3.63, 3.8) is 0 Å². The monoisotopic (exact) mass is 265 g/mol. The van der Waals surface area contributed by atoms with Crippen molar-refractivity contribution in [2.45, 2.75) is 38.4 Å². The molecular weight excluding hydrogens is 248 g/mol. The summed E-state index contributed by atoms with van der Waals surface area (Å²) in [6, 6.07) is 0. The Balaban J connectivity index is 2.74. The first kappa shape index (κ1) is 14.8. The van der Waals surface area contributed by atoms with Crippen molar-refractivity contribution in [2.24, 2.45) is 0 Å². The van der Waals surface area contributed by atoms with Crippen molar-refractivity contribution in [2.75, 3.05) is 19.7 Å². The van der Waals surface area contributed by atoms with Crippen molar-refractivity contribution in [3.05, 3.63) is 0 Å². The molecule has 0 aromatic carbocycles. The molecule has 5 nitrogen and oxygen atoms in total. The molecule has 0 saturated carbocycles. The van der Waals surface area contributed by atoms with Crippen LogP contribution in [0.25, 0.3) is 0 Å². The summed E-state index contributed by atoms with van der Waals surface area (Å²) in [6.45, 7) is 3.89. The van der Waals surface area contributed by atoms with E-state index in [0.717, 1.165) is 4.90 Å². The molecule has 0 aromatic heterocycles. The minimum atomic E-state index is -3.41. The topological polar surface area (TPSA) is 55.8 Å². The summed E-state index contributed by atoms with van der Waals surface area (Å²) in [6.07, 6.45) is -2.60. The predicted molar refractivity (Wildman–Crippen MR) is 58.6 cm³/mol. The van der Waals surface area contributed by atoms with Crippen molar-refractivity contribution in [1.29, 1.82) is 0 Å². The van der Waals surface area contributed by atoms with Crippen molar-refractivity contribution in [1.82, 2.24) is 4.90 Å². The smallest absolute Gasteiger partial charge is 0.410 e. The maximum Gasteiger partial charge on any atom is 0.410 e. The Hall–Kier alpha value is -1.24. The van der Waals surface area contributed by atoms with Gasteiger partial charge in [-0.3, -0.25) is 4.90 Å². The van der Waals surface area contributed by atoms with Gasteiger partial charge in [-0.25, -0.2) is 13.6 Å². The molecule has 1 amide bonds. The van der Waals surface area contributed by atoms with Gasteiger partial charge in [0.05, 0.1) is 13.2 Å². The molecule has 0 aromatic rings. The zero-order valence-corrected chi connectivity index (χ0v) is 10.6. The molecule has 0 aliphatic carbocycles. The van der Waals surface area contributed by atoms with Gasteiger partial charge in [-0.2, -0.15) is 0 Å². The Labute approximate surface area is 104 Å². The van der Waals surface area contributed by atoms with Crippen LogP contribution in [0.4, 0.5) is 13.6 Å². The van der Waals surface area contributed by atoms with Gasteiger partial charge < -0.3 is 14.3 Å². The van der Waals surface area contributed by atoms with E-state index in [1.807, 2.05) is 0 Å². The number of alkyl halides is 2. The fraction of sp³-hybridized carbons (Fsp3) is 0.818. The van der Waals surface area contributed by atoms with Gasteiger partial charge in [0.1, 0.15) is 5.60 Å². The number of hydrogen-bond acceptors (Lipinski definition) is 4. The number of aldehydes is 1. The zero-order chi connectivity index (χ0) is 14.0. The number of carbonyl (C=O) groups is 2. The first-order chi connectivity index (χ1) is 8.15. The van der Waals surface area contributed by atoms with E-state index in [2.05, 4.69) is 0 Å². The Morgan fingerprint density at radius 1 is 1.50 bits per heavy atom. The summed E-state index contributed by atoms with van der Waals surface area (Å²) >= 11 is 0. The van der Waals surface area contributed by atoms with E-state index in [0.29, 0.717) is 0 Å². The van der Waals surface area contributed by atoms with Crippen molar-refractivity contribution < 1.29 is 27.8 Å². The number of hydrogen-bond donors (Lipinski definition) is 0. The van der Waals surface area contributed by atoms with E-state index >= 15 is 0 Å². The Morgan fingerprint density at radius 2 is 2.11 bits per heavy atom. The van der Waals surface area contributed by atoms with Gasteiger partial charge in [0, 0.05) is 6.54 Å². The van der Waals surface area contributed by atoms with E-state index in [4.69, 9.17) is 9.47 Å². The molecule has 0 N–H and O–H groups in total. The summed E-state index contributed by atoms with van der Waals surface area (Å²) in [5.74, 6) is -3.41. The average Bonchev–Trinajstić information content (AvgIpc) is 2.33. The van der Waals surface area contributed by atoms with Gasteiger partial charge in [-0.1, -0.05) is 0 Å². The van der Waals surface area contributed by atoms with Crippen LogP contribution in [0.1, 0.15) is 20.8 Å². The third-order valence-corrected chi connectivity index (χ3v) is 2.25. The van der Waals surface area contributed by atoms with Gasteiger partial charge in [0.25, 0.3) is 5.92 Å². The quantitative estimate of drug-likeness (QED) is 0.673. The average molecular weight is 265 g/mol. The minimum absolute atomic E-state index is 0.0329. The van der Waals surface area contributed by atoms with Gasteiger partial charge in [0.15, 0.2) is 12.4 Å². The highest BCUT2D eigenvalue weighted by Crippen LogP contribution is 2.25. The van der Waals surface area contributed by atoms with E-state index in [9.17, 15) is 18.4 Å². The predicted octanol–water partition coefficient (Wildman–Crippen LogP) is 1.46. The minimum Gasteiger partial charge on any atom is -0.444 e. The lowest BCUT2D eigenvalue weighted by molar-refractivity contribution is -0.147. The van der Waals surface area contributed by atoms with E-state index in [1.54, 1.807) is 20.8 Å². The van der Waals surface area contributed by atoms with Crippen LogP contribution in [0.2, 0.25) is 0 Å². The van der Waals surface area contributed by atoms with Crippen LogP contribution in [0.15, 0.2) is 0 Å². The first-order valence-corrected chi connectivity index (χ1v) is 5.58. The lowest BCUT2D eigenvalue weighted by Crippen LogP contribution is -2.46. The SMILES string of the molecule is CC(C)(C)OC(=O)N1CCOC(C=O)C(F)(F)C1. The molecule has 18 heavy (non-hydrogen) atoms. The van der Waals surface area contributed by atoms with Crippen LogP contribution in [-0.4, -0.2) is 54.6 Å². The molecule has 1 heterocycles. The Kier molecular flexibility index (Phi) is 4.26. The Bertz CT molecular complexity index is 327. The molecule has 104 valence electrons. The second-order valence-electron chi connectivity index (χ2n) is 5.09. The number of nitrogens with zero attached hydrogens (tertiary/aromatic N) is 1. The third-order valence-electron chi connectivity index (χ3n) is 2.25. The van der Waals surface area contributed by atoms with Crippen molar-refractivity contribution >= 4 is 12.4 Å². The molecule has 1 aliphatic heterocycles. The third kappa shape index (κ3) is 3.90. The lowest BCUT2D eigenvalue weighted by Gasteiger charge is -2.28. The molecule has 1 atom stereocenters. The van der Waals surface area contributed by atoms with E-state index < -0.39 is 30.3 Å². The number of rotatable bonds is 1. The summed E-state index contributed by atoms with van der Waals surface area (Å²) < 4.78 is 36.8. The van der Waals surface area contributed by atoms with E-state index in [1.165, 1.54) is 0 Å². The summed E-state index contributed by atoms with van der Waals surface area (Å²) in [5, 5.41) is 0. The van der Waals surface area contributed by atoms with Crippen LogP contribution in [0.5, 0.6) is 0 Å². The molecule has 0 radical (unpaired) electrons. The van der Waals surface area contributed by atoms with Crippen LogP contribution < -0.4 is 0 Å². The summed E-state index contributed by atoms with van der Waals surface area (Å²) in [7, 11) is 0. The maximum atomic E-state index is 13.6. The van der Waals surface area contributed by atoms with Crippen LogP contribution >= 0.6 is 0 Å². The van der Waals surface area contributed by atoms with Crippen LogP contribution in [0.3, 0.4) is 0 Å². The number of ether oxygens (including phenoxy) is 2. The van der Waals surface area contributed by atoms with Gasteiger partial charge in [-0.05, 0) is 20.8 Å². The lowest BCUT2D eigenvalue weighted by atomic mass is 10.2. The number of halogens is 2. The standard InChI is InChI=1S/C11H17F2NO4/c1-10(2,3)18-9(16)14-4-5-17-8(6-15)11(12,13)7-14/h6,8H,4-5,7H2,1-3H3. The maximum absolute atomic E-state index is 13.6. The number of carbonyl (C=O) groups excluding carboxylic acids is 2. The molecule has 0 spiro atoms. The summed E-state index contributed by atoms with van der Waals surface area (Å²) in [5.41, 5.74) is -0.760. The molecule has 1 fully saturated rings. The number of amides is 1. The molecule has 0 bridgehead atoms. The molecular formula is C11H17F2NO4. The normalized spacial score (nSPS) is 24.3. The molecule has 1 unspecified atom stereocenters. The van der Waals surface area contributed by atoms with E-state index in [-0.39, 0.29) is 19.4 Å². The fourth-order valence-corrected chi connectivity index (χ4v) is 1.46. The molecule has 1 saturated heterocycles. The van der Waals surface area contributed by atoms with Gasteiger partial charge in [-0.15, -0.1) is 0 Å². The highest BCUT2D eigenvalue weighted by atomic mass is 19.3. The zero-order valence-electron chi connectivity index (χ0n) is 10.6. The highest BCUT2D eigenvalue weighted by Gasteiger charge is 2.45. The first-order valence-electron chi connectivity index (χ1n) is 5.58. The molecule has 1 aliphatic rings. The molecule has 1 rings (SSSR count).